The molecule has 0 fully saturated rings. The van der Waals surface area contributed by atoms with Crippen LogP contribution in [0, 0.1) is 13.8 Å². The van der Waals surface area contributed by atoms with Crippen LogP contribution in [0.3, 0.4) is 0 Å². The van der Waals surface area contributed by atoms with Crippen molar-refractivity contribution in [3.8, 4) is 17.2 Å². The minimum Gasteiger partial charge on any atom is -0.493 e. The zero-order valence-electron chi connectivity index (χ0n) is 16.5. The van der Waals surface area contributed by atoms with Gasteiger partial charge in [-0.2, -0.15) is 0 Å². The van der Waals surface area contributed by atoms with Crippen molar-refractivity contribution in [2.45, 2.75) is 13.8 Å². The van der Waals surface area contributed by atoms with Gasteiger partial charge in [-0.25, -0.2) is 4.98 Å². The maximum Gasteiger partial charge on any atom is 0.250 e. The first-order valence-electron chi connectivity index (χ1n) is 8.62. The van der Waals surface area contributed by atoms with Gasteiger partial charge in [-0.1, -0.05) is 17.4 Å². The lowest BCUT2D eigenvalue weighted by Gasteiger charge is -2.12. The van der Waals surface area contributed by atoms with Crippen molar-refractivity contribution in [3.63, 3.8) is 0 Å². The lowest BCUT2D eigenvalue weighted by molar-refractivity contribution is -0.111. The van der Waals surface area contributed by atoms with E-state index in [1.54, 1.807) is 39.5 Å². The molecule has 1 N–H and O–H groups in total. The quantitative estimate of drug-likeness (QED) is 0.615. The number of anilines is 1. The minimum atomic E-state index is -0.262. The predicted octanol–water partition coefficient (Wildman–Crippen LogP) is 4.59. The fourth-order valence-corrected chi connectivity index (χ4v) is 3.99. The molecule has 3 rings (SSSR count). The van der Waals surface area contributed by atoms with Crippen molar-refractivity contribution < 1.29 is 19.0 Å². The molecule has 2 aromatic carbocycles. The zero-order valence-corrected chi connectivity index (χ0v) is 17.3. The monoisotopic (exact) mass is 398 g/mol. The van der Waals surface area contributed by atoms with E-state index in [2.05, 4.69) is 22.4 Å². The zero-order chi connectivity index (χ0) is 20.3. The molecule has 0 radical (unpaired) electrons. The van der Waals surface area contributed by atoms with Crippen LogP contribution in [0.2, 0.25) is 0 Å². The number of aromatic nitrogens is 1. The number of aryl methyl sites for hydroxylation is 2. The number of benzene rings is 2. The molecule has 1 aromatic heterocycles. The second-order valence-electron chi connectivity index (χ2n) is 6.23. The summed E-state index contributed by atoms with van der Waals surface area (Å²) in [5, 5.41) is 3.39. The van der Waals surface area contributed by atoms with Crippen LogP contribution >= 0.6 is 11.3 Å². The fraction of sp³-hybridized carbons (Fsp3) is 0.238. The van der Waals surface area contributed by atoms with Crippen LogP contribution in [-0.2, 0) is 4.79 Å². The highest BCUT2D eigenvalue weighted by Crippen LogP contribution is 2.38. The number of ether oxygens (including phenoxy) is 3. The van der Waals surface area contributed by atoms with Crippen LogP contribution in [-0.4, -0.2) is 32.2 Å². The molecule has 0 atom stereocenters. The summed E-state index contributed by atoms with van der Waals surface area (Å²) >= 11 is 1.46. The summed E-state index contributed by atoms with van der Waals surface area (Å²) in [7, 11) is 4.65. The minimum absolute atomic E-state index is 0.262. The number of nitrogens with one attached hydrogen (secondary N) is 1. The van der Waals surface area contributed by atoms with E-state index in [-0.39, 0.29) is 5.91 Å². The number of hydrogen-bond donors (Lipinski definition) is 1. The normalized spacial score (nSPS) is 11.0. The maximum atomic E-state index is 12.3. The standard InChI is InChI=1S/C21H22N2O4S/c1-12-8-13(2)19-17(9-12)28-21(23-19)22-18(24)7-6-14-10-15(25-3)20(27-5)16(11-14)26-4/h6-11H,1-5H3,(H,22,23,24)/b7-6+. The second kappa shape index (κ2) is 8.31. The number of rotatable bonds is 6. The molecule has 1 heterocycles. The molecule has 0 aliphatic carbocycles. The molecule has 0 bridgehead atoms. The summed E-state index contributed by atoms with van der Waals surface area (Å²) in [5.41, 5.74) is 3.94. The van der Waals surface area contributed by atoms with Gasteiger partial charge >= 0.3 is 0 Å². The van der Waals surface area contributed by atoms with Gasteiger partial charge < -0.3 is 14.2 Å². The van der Waals surface area contributed by atoms with Gasteiger partial charge in [-0.3, -0.25) is 10.1 Å². The van der Waals surface area contributed by atoms with E-state index in [4.69, 9.17) is 14.2 Å². The first kappa shape index (κ1) is 19.7. The Hall–Kier alpha value is -3.06. The van der Waals surface area contributed by atoms with Crippen LogP contribution in [0.15, 0.2) is 30.3 Å². The Morgan fingerprint density at radius 1 is 1.04 bits per heavy atom. The van der Waals surface area contributed by atoms with Crippen LogP contribution in [0.4, 0.5) is 5.13 Å². The van der Waals surface area contributed by atoms with E-state index >= 15 is 0 Å². The maximum absolute atomic E-state index is 12.3. The molecular formula is C21H22N2O4S. The summed E-state index contributed by atoms with van der Waals surface area (Å²) in [4.78, 5) is 16.8. The van der Waals surface area contributed by atoms with Crippen molar-refractivity contribution in [1.82, 2.24) is 4.98 Å². The predicted molar refractivity (Wildman–Crippen MR) is 113 cm³/mol. The van der Waals surface area contributed by atoms with E-state index in [0.29, 0.717) is 22.4 Å². The van der Waals surface area contributed by atoms with Crippen molar-refractivity contribution in [2.75, 3.05) is 26.6 Å². The molecule has 28 heavy (non-hydrogen) atoms. The Morgan fingerprint density at radius 2 is 1.71 bits per heavy atom. The summed E-state index contributed by atoms with van der Waals surface area (Å²) in [6, 6.07) is 7.70. The molecule has 0 aliphatic rings. The third-order valence-corrected chi connectivity index (χ3v) is 5.09. The smallest absolute Gasteiger partial charge is 0.250 e. The molecule has 6 nitrogen and oxygen atoms in total. The van der Waals surface area contributed by atoms with Crippen molar-refractivity contribution in [2.24, 2.45) is 0 Å². The third kappa shape index (κ3) is 4.09. The first-order valence-corrected chi connectivity index (χ1v) is 9.43. The van der Waals surface area contributed by atoms with Crippen LogP contribution in [0.1, 0.15) is 16.7 Å². The van der Waals surface area contributed by atoms with Crippen molar-refractivity contribution in [1.29, 1.82) is 0 Å². The molecule has 0 aliphatic heterocycles. The summed E-state index contributed by atoms with van der Waals surface area (Å²) < 4.78 is 17.0. The molecule has 7 heteroatoms. The largest absolute Gasteiger partial charge is 0.493 e. The molecule has 1 amide bonds. The number of hydrogen-bond acceptors (Lipinski definition) is 6. The van der Waals surface area contributed by atoms with E-state index in [1.807, 2.05) is 13.8 Å². The third-order valence-electron chi connectivity index (χ3n) is 4.17. The molecule has 3 aromatic rings. The van der Waals surface area contributed by atoms with E-state index in [9.17, 15) is 4.79 Å². The Bertz CT molecular complexity index is 1030. The van der Waals surface area contributed by atoms with Crippen LogP contribution < -0.4 is 19.5 Å². The van der Waals surface area contributed by atoms with Crippen LogP contribution in [0.25, 0.3) is 16.3 Å². The molecule has 0 saturated heterocycles. The van der Waals surface area contributed by atoms with Gasteiger partial charge in [-0.05, 0) is 54.8 Å². The topological polar surface area (TPSA) is 69.7 Å². The number of amides is 1. The number of methoxy groups -OCH3 is 3. The molecule has 146 valence electrons. The van der Waals surface area contributed by atoms with Gasteiger partial charge in [-0.15, -0.1) is 0 Å². The van der Waals surface area contributed by atoms with Gasteiger partial charge in [0.2, 0.25) is 11.7 Å². The van der Waals surface area contributed by atoms with Gasteiger partial charge in [0.25, 0.3) is 0 Å². The van der Waals surface area contributed by atoms with Gasteiger partial charge in [0.15, 0.2) is 16.6 Å². The SMILES string of the molecule is COc1cc(/C=C/C(=O)Nc2nc3c(C)cc(C)cc3s2)cc(OC)c1OC. The summed E-state index contributed by atoms with van der Waals surface area (Å²) in [6.07, 6.45) is 3.13. The lowest BCUT2D eigenvalue weighted by Crippen LogP contribution is -2.07. The van der Waals surface area contributed by atoms with Gasteiger partial charge in [0, 0.05) is 6.08 Å². The molecular weight excluding hydrogens is 376 g/mol. The highest BCUT2D eigenvalue weighted by Gasteiger charge is 2.13. The van der Waals surface area contributed by atoms with Crippen molar-refractivity contribution in [3.05, 3.63) is 47.0 Å². The Labute approximate surface area is 167 Å². The van der Waals surface area contributed by atoms with Gasteiger partial charge in [0.05, 0.1) is 31.5 Å². The highest BCUT2D eigenvalue weighted by atomic mass is 32.1. The molecule has 0 unspecified atom stereocenters. The highest BCUT2D eigenvalue weighted by molar-refractivity contribution is 7.22. The van der Waals surface area contributed by atoms with E-state index in [1.165, 1.54) is 23.0 Å². The summed E-state index contributed by atoms with van der Waals surface area (Å²) in [6.45, 7) is 4.07. The summed E-state index contributed by atoms with van der Waals surface area (Å²) in [5.74, 6) is 1.30. The number of thiazole rings is 1. The average Bonchev–Trinajstić information content (AvgIpc) is 3.07. The number of nitrogens with zero attached hydrogens (tertiary/aromatic N) is 1. The Kier molecular flexibility index (Phi) is 5.84. The fourth-order valence-electron chi connectivity index (χ4n) is 2.94. The number of fused-ring (bicyclic) bond motifs is 1. The lowest BCUT2D eigenvalue weighted by atomic mass is 10.1. The Balaban J connectivity index is 1.79. The van der Waals surface area contributed by atoms with Gasteiger partial charge in [0.1, 0.15) is 0 Å². The molecule has 0 spiro atoms. The number of carbonyl (C=O) groups is 1. The second-order valence-corrected chi connectivity index (χ2v) is 7.26. The first-order chi connectivity index (χ1) is 13.4. The molecule has 0 saturated carbocycles. The van der Waals surface area contributed by atoms with Crippen molar-refractivity contribution >= 4 is 38.7 Å². The average molecular weight is 398 g/mol. The Morgan fingerprint density at radius 3 is 2.32 bits per heavy atom. The number of carbonyl (C=O) groups excluding carboxylic acids is 1. The van der Waals surface area contributed by atoms with E-state index < -0.39 is 0 Å². The van der Waals surface area contributed by atoms with E-state index in [0.717, 1.165) is 21.3 Å². The van der Waals surface area contributed by atoms with Crippen LogP contribution in [0.5, 0.6) is 17.2 Å².